The van der Waals surface area contributed by atoms with Crippen molar-refractivity contribution in [3.05, 3.63) is 22.4 Å². The molecule has 1 rings (SSSR count). The summed E-state index contributed by atoms with van der Waals surface area (Å²) in [6.07, 6.45) is 2.12. The molecule has 0 aliphatic heterocycles. The van der Waals surface area contributed by atoms with Crippen molar-refractivity contribution in [3.63, 3.8) is 0 Å². The summed E-state index contributed by atoms with van der Waals surface area (Å²) >= 11 is 1.49. The van der Waals surface area contributed by atoms with Crippen LogP contribution in [-0.2, 0) is 5.60 Å². The minimum atomic E-state index is -1.01. The molecule has 1 unspecified atom stereocenters. The van der Waals surface area contributed by atoms with E-state index in [1.165, 1.54) is 11.3 Å². The third-order valence-corrected chi connectivity index (χ3v) is 4.47. The number of hydrogen-bond acceptors (Lipinski definition) is 3. The number of carbonyl (C=O) groups is 1. The number of carbonyl (C=O) groups excluding carboxylic acids is 1. The van der Waals surface area contributed by atoms with Crippen LogP contribution in [0.25, 0.3) is 0 Å². The molecule has 1 aromatic heterocycles. The summed E-state index contributed by atoms with van der Waals surface area (Å²) in [5.74, 6) is 0.517. The van der Waals surface area contributed by atoms with Crippen LogP contribution in [-0.4, -0.2) is 24.2 Å². The molecule has 0 saturated carbocycles. The lowest BCUT2D eigenvalue weighted by atomic mass is 10.0. The largest absolute Gasteiger partial charge is 0.383 e. The molecule has 1 aromatic rings. The number of hydrogen-bond donors (Lipinski definition) is 3. The summed E-state index contributed by atoms with van der Waals surface area (Å²) in [6.45, 7) is 6.84. The van der Waals surface area contributed by atoms with Gasteiger partial charge >= 0.3 is 6.03 Å². The van der Waals surface area contributed by atoms with Gasteiger partial charge in [0.1, 0.15) is 5.60 Å². The van der Waals surface area contributed by atoms with E-state index in [0.717, 1.165) is 17.7 Å². The first-order valence-corrected chi connectivity index (χ1v) is 7.65. The molecule has 0 radical (unpaired) electrons. The van der Waals surface area contributed by atoms with E-state index in [0.29, 0.717) is 12.5 Å². The molecule has 19 heavy (non-hydrogen) atoms. The lowest BCUT2D eigenvalue weighted by molar-refractivity contribution is 0.0631. The number of nitrogens with one attached hydrogen (secondary N) is 2. The Balaban J connectivity index is 2.34. The fraction of sp³-hybridized carbons (Fsp3) is 0.643. The third kappa shape index (κ3) is 5.20. The number of rotatable bonds is 7. The highest BCUT2D eigenvalue weighted by molar-refractivity contribution is 7.10. The van der Waals surface area contributed by atoms with Gasteiger partial charge in [-0.25, -0.2) is 4.79 Å². The Morgan fingerprint density at radius 2 is 2.11 bits per heavy atom. The molecule has 0 aliphatic carbocycles. The first-order chi connectivity index (χ1) is 8.99. The van der Waals surface area contributed by atoms with Gasteiger partial charge in [0, 0.05) is 11.4 Å². The quantitative estimate of drug-likeness (QED) is 0.721. The Labute approximate surface area is 119 Å². The molecule has 0 saturated heterocycles. The molecular weight excluding hydrogens is 260 g/mol. The summed E-state index contributed by atoms with van der Waals surface area (Å²) in [5.41, 5.74) is -1.01. The Morgan fingerprint density at radius 3 is 2.63 bits per heavy atom. The van der Waals surface area contributed by atoms with Gasteiger partial charge in [-0.1, -0.05) is 32.8 Å². The summed E-state index contributed by atoms with van der Waals surface area (Å²) in [7, 11) is 0. The van der Waals surface area contributed by atoms with Crippen molar-refractivity contribution >= 4 is 17.4 Å². The number of thiophene rings is 1. The van der Waals surface area contributed by atoms with Crippen LogP contribution in [0.15, 0.2) is 17.5 Å². The van der Waals surface area contributed by atoms with Gasteiger partial charge in [0.15, 0.2) is 0 Å². The van der Waals surface area contributed by atoms with Gasteiger partial charge in [-0.3, -0.25) is 0 Å². The van der Waals surface area contributed by atoms with E-state index in [1.807, 2.05) is 17.5 Å². The molecule has 2 amide bonds. The van der Waals surface area contributed by atoms with Crippen molar-refractivity contribution in [1.29, 1.82) is 0 Å². The van der Waals surface area contributed by atoms with Gasteiger partial charge in [0.05, 0.1) is 6.54 Å². The average molecular weight is 284 g/mol. The summed E-state index contributed by atoms with van der Waals surface area (Å²) < 4.78 is 0. The van der Waals surface area contributed by atoms with E-state index < -0.39 is 5.60 Å². The topological polar surface area (TPSA) is 61.4 Å². The van der Waals surface area contributed by atoms with Gasteiger partial charge < -0.3 is 15.7 Å². The number of aliphatic hydroxyl groups is 1. The molecule has 0 spiro atoms. The predicted molar refractivity (Wildman–Crippen MR) is 79.4 cm³/mol. The van der Waals surface area contributed by atoms with Gasteiger partial charge in [0.2, 0.25) is 0 Å². The van der Waals surface area contributed by atoms with E-state index in [9.17, 15) is 9.90 Å². The van der Waals surface area contributed by atoms with Gasteiger partial charge in [-0.2, -0.15) is 0 Å². The highest BCUT2D eigenvalue weighted by atomic mass is 32.1. The minimum absolute atomic E-state index is 0.211. The summed E-state index contributed by atoms with van der Waals surface area (Å²) in [5, 5.41) is 17.7. The van der Waals surface area contributed by atoms with Crippen molar-refractivity contribution in [2.75, 3.05) is 13.1 Å². The molecule has 0 bridgehead atoms. The van der Waals surface area contributed by atoms with Crippen LogP contribution in [0.5, 0.6) is 0 Å². The van der Waals surface area contributed by atoms with Gasteiger partial charge in [0.25, 0.3) is 0 Å². The Hall–Kier alpha value is -1.07. The average Bonchev–Trinajstić information content (AvgIpc) is 2.92. The van der Waals surface area contributed by atoms with Gasteiger partial charge in [-0.05, 0) is 24.3 Å². The van der Waals surface area contributed by atoms with Crippen molar-refractivity contribution in [3.8, 4) is 0 Å². The zero-order valence-corrected chi connectivity index (χ0v) is 12.7. The van der Waals surface area contributed by atoms with Gasteiger partial charge in [-0.15, -0.1) is 11.3 Å². The Bertz CT molecular complexity index is 373. The maximum atomic E-state index is 11.7. The maximum Gasteiger partial charge on any atom is 0.314 e. The summed E-state index contributed by atoms with van der Waals surface area (Å²) in [6, 6.07) is 3.54. The standard InChI is InChI=1S/C14H24N2O2S/c1-4-11(5-2)9-15-13(17)16-10-14(3,18)12-7-6-8-19-12/h6-8,11,18H,4-5,9-10H2,1-3H3,(H2,15,16,17). The van der Waals surface area contributed by atoms with Crippen LogP contribution < -0.4 is 10.6 Å². The zero-order valence-electron chi connectivity index (χ0n) is 11.9. The third-order valence-electron chi connectivity index (χ3n) is 3.35. The van der Waals surface area contributed by atoms with Crippen molar-refractivity contribution < 1.29 is 9.90 Å². The van der Waals surface area contributed by atoms with Crippen LogP contribution in [0.4, 0.5) is 4.79 Å². The van der Waals surface area contributed by atoms with Crippen LogP contribution in [0.3, 0.4) is 0 Å². The highest BCUT2D eigenvalue weighted by Crippen LogP contribution is 2.24. The van der Waals surface area contributed by atoms with Crippen molar-refractivity contribution in [1.82, 2.24) is 10.6 Å². The fourth-order valence-corrected chi connectivity index (χ4v) is 2.59. The monoisotopic (exact) mass is 284 g/mol. The van der Waals surface area contributed by atoms with Crippen LogP contribution in [0.1, 0.15) is 38.5 Å². The van der Waals surface area contributed by atoms with Crippen molar-refractivity contribution in [2.45, 2.75) is 39.2 Å². The lowest BCUT2D eigenvalue weighted by Crippen LogP contribution is -2.44. The normalized spacial score (nSPS) is 14.2. The first kappa shape index (κ1) is 16.0. The van der Waals surface area contributed by atoms with E-state index >= 15 is 0 Å². The van der Waals surface area contributed by atoms with Crippen molar-refractivity contribution in [2.24, 2.45) is 5.92 Å². The predicted octanol–water partition coefficient (Wildman–Crippen LogP) is 2.69. The van der Waals surface area contributed by atoms with Crippen LogP contribution >= 0.6 is 11.3 Å². The SMILES string of the molecule is CCC(CC)CNC(=O)NCC(C)(O)c1cccs1. The lowest BCUT2D eigenvalue weighted by Gasteiger charge is -2.22. The second-order valence-corrected chi connectivity index (χ2v) is 5.94. The molecule has 1 atom stereocenters. The smallest absolute Gasteiger partial charge is 0.314 e. The zero-order chi connectivity index (χ0) is 14.3. The second-order valence-electron chi connectivity index (χ2n) is 5.00. The molecule has 0 aliphatic rings. The van der Waals surface area contributed by atoms with E-state index in [1.54, 1.807) is 6.92 Å². The molecule has 3 N–H and O–H groups in total. The first-order valence-electron chi connectivity index (χ1n) is 6.77. The molecule has 0 fully saturated rings. The molecule has 4 nitrogen and oxygen atoms in total. The maximum absolute atomic E-state index is 11.7. The van der Waals surface area contributed by atoms with E-state index in [4.69, 9.17) is 0 Å². The highest BCUT2D eigenvalue weighted by Gasteiger charge is 2.24. The fourth-order valence-electron chi connectivity index (χ4n) is 1.80. The second kappa shape index (κ2) is 7.50. The number of urea groups is 1. The van der Waals surface area contributed by atoms with Crippen LogP contribution in [0, 0.1) is 5.92 Å². The molecule has 108 valence electrons. The molecule has 0 aromatic carbocycles. The van der Waals surface area contributed by atoms with E-state index in [-0.39, 0.29) is 12.6 Å². The molecular formula is C14H24N2O2S. The Kier molecular flexibility index (Phi) is 6.31. The minimum Gasteiger partial charge on any atom is -0.383 e. The van der Waals surface area contributed by atoms with E-state index in [2.05, 4.69) is 24.5 Å². The van der Waals surface area contributed by atoms with Crippen LogP contribution in [0.2, 0.25) is 0 Å². The Morgan fingerprint density at radius 1 is 1.42 bits per heavy atom. The molecule has 1 heterocycles. The number of amides is 2. The summed E-state index contributed by atoms with van der Waals surface area (Å²) in [4.78, 5) is 12.5. The molecule has 5 heteroatoms.